The van der Waals surface area contributed by atoms with Crippen molar-refractivity contribution in [3.8, 4) is 34.3 Å². The van der Waals surface area contributed by atoms with Gasteiger partial charge in [0.15, 0.2) is 59.0 Å². The van der Waals surface area contributed by atoms with Gasteiger partial charge in [-0.25, -0.2) is 17.6 Å². The molecule has 0 spiro atoms. The van der Waals surface area contributed by atoms with Gasteiger partial charge in [-0.2, -0.15) is 17.7 Å². The highest BCUT2D eigenvalue weighted by molar-refractivity contribution is 5.95. The first-order valence-electron chi connectivity index (χ1n) is 14.6. The molecule has 0 bridgehead atoms. The lowest BCUT2D eigenvalue weighted by molar-refractivity contribution is -0.686. The van der Waals surface area contributed by atoms with Crippen LogP contribution >= 0.6 is 0 Å². The number of nitrogens with zero attached hydrogens (tertiary/aromatic N) is 1. The van der Waals surface area contributed by atoms with E-state index in [-0.39, 0.29) is 30.5 Å². The van der Waals surface area contributed by atoms with Gasteiger partial charge in [-0.1, -0.05) is 6.92 Å². The van der Waals surface area contributed by atoms with Crippen molar-refractivity contribution in [1.82, 2.24) is 0 Å². The lowest BCUT2D eigenvalue weighted by Crippen LogP contribution is -3.00. The van der Waals surface area contributed by atoms with E-state index >= 15 is 0 Å². The highest BCUT2D eigenvalue weighted by atomic mass is 35.5. The van der Waals surface area contributed by atoms with Crippen molar-refractivity contribution in [3.63, 3.8) is 0 Å². The number of alkyl halides is 3. The number of ether oxygens (including phenoxy) is 4. The number of aromatic nitrogens is 1. The Morgan fingerprint density at radius 1 is 0.717 bits per heavy atom. The van der Waals surface area contributed by atoms with Gasteiger partial charge in [-0.3, -0.25) is 0 Å². The van der Waals surface area contributed by atoms with Gasteiger partial charge >= 0.3 is 6.18 Å². The Hall–Kier alpha value is -3.93. The molecule has 5 nitrogen and oxygen atoms in total. The maximum Gasteiger partial charge on any atom is 0.422 e. The number of hydrogen-bond donors (Lipinski definition) is 0. The zero-order chi connectivity index (χ0) is 32.6. The molecule has 2 heterocycles. The molecule has 1 aliphatic heterocycles. The van der Waals surface area contributed by atoms with Gasteiger partial charge in [-0.15, -0.1) is 0 Å². The van der Waals surface area contributed by atoms with Gasteiger partial charge < -0.3 is 31.4 Å². The molecule has 0 N–H and O–H groups in total. The summed E-state index contributed by atoms with van der Waals surface area (Å²) in [6.07, 6.45) is -2.64. The SMILES string of the molecule is CCOc1cc2c(cc1OCC)-c1c(CC)c3ccc(OCC)c(OCc4c(F)c(F)c(C(F)(F)F)c(F)c4F)c3c[n+]1CC2.[Cl-]. The van der Waals surface area contributed by atoms with Crippen molar-refractivity contribution < 1.29 is 66.7 Å². The molecule has 1 aliphatic rings. The van der Waals surface area contributed by atoms with Crippen LogP contribution in [0.1, 0.15) is 49.9 Å². The fraction of sp³-hybridized carbons (Fsp3) is 0.364. The molecule has 0 radical (unpaired) electrons. The lowest BCUT2D eigenvalue weighted by atomic mass is 9.90. The molecule has 0 amide bonds. The van der Waals surface area contributed by atoms with E-state index in [0.717, 1.165) is 22.4 Å². The number of pyridine rings is 1. The molecule has 0 aliphatic carbocycles. The third-order valence-corrected chi connectivity index (χ3v) is 7.64. The minimum Gasteiger partial charge on any atom is -1.00 e. The Bertz CT molecular complexity index is 1750. The normalized spacial score (nSPS) is 12.3. The van der Waals surface area contributed by atoms with E-state index < -0.39 is 47.2 Å². The van der Waals surface area contributed by atoms with Crippen LogP contribution in [-0.4, -0.2) is 19.8 Å². The monoisotopic (exact) mass is 673 g/mol. The summed E-state index contributed by atoms with van der Waals surface area (Å²) in [6, 6.07) is 7.35. The summed E-state index contributed by atoms with van der Waals surface area (Å²) in [4.78, 5) is 0. The molecule has 4 aromatic rings. The predicted molar refractivity (Wildman–Crippen MR) is 152 cm³/mol. The molecule has 248 valence electrons. The van der Waals surface area contributed by atoms with E-state index in [1.807, 2.05) is 43.5 Å². The third-order valence-electron chi connectivity index (χ3n) is 7.64. The van der Waals surface area contributed by atoms with E-state index in [4.69, 9.17) is 18.9 Å². The topological polar surface area (TPSA) is 40.8 Å². The van der Waals surface area contributed by atoms with Crippen LogP contribution in [0.25, 0.3) is 22.0 Å². The molecule has 0 fully saturated rings. The minimum atomic E-state index is -5.65. The molecule has 0 saturated heterocycles. The van der Waals surface area contributed by atoms with Crippen LogP contribution in [-0.2, 0) is 32.2 Å². The summed E-state index contributed by atoms with van der Waals surface area (Å²) >= 11 is 0. The van der Waals surface area contributed by atoms with Crippen LogP contribution in [0.2, 0.25) is 0 Å². The third kappa shape index (κ3) is 6.11. The Balaban J connectivity index is 0.00000480. The minimum absolute atomic E-state index is 0. The summed E-state index contributed by atoms with van der Waals surface area (Å²) in [6.45, 7) is 7.99. The Labute approximate surface area is 267 Å². The first-order valence-corrected chi connectivity index (χ1v) is 14.6. The number of rotatable bonds is 10. The Morgan fingerprint density at radius 3 is 1.87 bits per heavy atom. The van der Waals surface area contributed by atoms with Crippen molar-refractivity contribution >= 4 is 10.8 Å². The Morgan fingerprint density at radius 2 is 1.30 bits per heavy atom. The number of aryl methyl sites for hydroxylation is 3. The average molecular weight is 674 g/mol. The molecular weight excluding hydrogens is 643 g/mol. The van der Waals surface area contributed by atoms with Gasteiger partial charge in [0.25, 0.3) is 0 Å². The van der Waals surface area contributed by atoms with Crippen LogP contribution in [0.3, 0.4) is 0 Å². The first-order chi connectivity index (χ1) is 21.5. The Kier molecular flexibility index (Phi) is 10.5. The summed E-state index contributed by atoms with van der Waals surface area (Å²) in [5.74, 6) is -8.01. The predicted octanol–water partition coefficient (Wildman–Crippen LogP) is 5.27. The first kappa shape index (κ1) is 34.9. The number of hydrogen-bond acceptors (Lipinski definition) is 4. The van der Waals surface area contributed by atoms with E-state index in [1.165, 1.54) is 0 Å². The van der Waals surface area contributed by atoms with Crippen molar-refractivity contribution in [2.75, 3.05) is 19.8 Å². The van der Waals surface area contributed by atoms with Crippen LogP contribution < -0.4 is 35.9 Å². The van der Waals surface area contributed by atoms with Gasteiger partial charge in [-0.05, 0) is 57.0 Å². The molecule has 0 atom stereocenters. The highest BCUT2D eigenvalue weighted by Crippen LogP contribution is 2.44. The highest BCUT2D eigenvalue weighted by Gasteiger charge is 2.42. The summed E-state index contributed by atoms with van der Waals surface area (Å²) in [7, 11) is 0. The molecule has 46 heavy (non-hydrogen) atoms. The second-order valence-corrected chi connectivity index (χ2v) is 10.3. The van der Waals surface area contributed by atoms with Crippen LogP contribution in [0.4, 0.5) is 30.7 Å². The average Bonchev–Trinajstić information content (AvgIpc) is 2.99. The van der Waals surface area contributed by atoms with E-state index in [9.17, 15) is 30.7 Å². The summed E-state index contributed by atoms with van der Waals surface area (Å²) < 4.78 is 123. The second-order valence-electron chi connectivity index (χ2n) is 10.3. The van der Waals surface area contributed by atoms with Crippen LogP contribution in [0.5, 0.6) is 23.0 Å². The van der Waals surface area contributed by atoms with E-state index in [1.54, 1.807) is 19.2 Å². The maximum atomic E-state index is 14.7. The number of benzene rings is 3. The van der Waals surface area contributed by atoms with Crippen molar-refractivity contribution in [2.45, 2.75) is 59.9 Å². The molecule has 1 aromatic heterocycles. The lowest BCUT2D eigenvalue weighted by Gasteiger charge is -2.22. The molecule has 0 unspecified atom stereocenters. The molecule has 3 aromatic carbocycles. The summed E-state index contributed by atoms with van der Waals surface area (Å²) in [5, 5.41) is 1.20. The fourth-order valence-corrected chi connectivity index (χ4v) is 5.77. The molecule has 5 rings (SSSR count). The molecular formula is C33H31ClF7NO4. The van der Waals surface area contributed by atoms with Crippen LogP contribution in [0.15, 0.2) is 30.5 Å². The zero-order valence-corrected chi connectivity index (χ0v) is 26.2. The number of fused-ring (bicyclic) bond motifs is 4. The van der Waals surface area contributed by atoms with Crippen molar-refractivity contribution in [1.29, 1.82) is 0 Å². The van der Waals surface area contributed by atoms with E-state index in [0.29, 0.717) is 54.9 Å². The largest absolute Gasteiger partial charge is 1.00 e. The van der Waals surface area contributed by atoms with Gasteiger partial charge in [0.1, 0.15) is 12.2 Å². The van der Waals surface area contributed by atoms with E-state index in [2.05, 4.69) is 0 Å². The standard InChI is InChI=1S/C33H31F7NO4.ClH/c1-5-18-19-9-10-23(42-6-2)32(45-16-22-27(34)29(36)26(33(38,39)40)30(37)28(22)35)21(19)15-41-12-11-17-13-24(43-7-3)25(44-8-4)14-20(17)31(18)41;/h9-10,13-15H,5-8,11-12,16H2,1-4H3;1H/q+1;/p-1. The zero-order valence-electron chi connectivity index (χ0n) is 25.4. The van der Waals surface area contributed by atoms with Crippen molar-refractivity contribution in [3.05, 3.63) is 76.0 Å². The maximum absolute atomic E-state index is 14.7. The van der Waals surface area contributed by atoms with Gasteiger partial charge in [0.05, 0.1) is 36.3 Å². The summed E-state index contributed by atoms with van der Waals surface area (Å²) in [5.41, 5.74) is -0.107. The van der Waals surface area contributed by atoms with Crippen LogP contribution in [0, 0.1) is 23.3 Å². The van der Waals surface area contributed by atoms with Crippen molar-refractivity contribution in [2.24, 2.45) is 0 Å². The second kappa shape index (κ2) is 13.8. The van der Waals surface area contributed by atoms with Gasteiger partial charge in [0.2, 0.25) is 5.69 Å². The molecule has 13 heteroatoms. The number of halogens is 8. The quantitative estimate of drug-likeness (QED) is 0.131. The van der Waals surface area contributed by atoms with Gasteiger partial charge in [0, 0.05) is 17.4 Å². The smallest absolute Gasteiger partial charge is 0.422 e. The fourth-order valence-electron chi connectivity index (χ4n) is 5.77. The molecule has 0 saturated carbocycles.